The molecule has 9 nitrogen and oxygen atoms in total. The van der Waals surface area contributed by atoms with Crippen LogP contribution in [0.3, 0.4) is 0 Å². The van der Waals surface area contributed by atoms with Gasteiger partial charge >= 0.3 is 6.09 Å². The molecule has 0 spiro atoms. The van der Waals surface area contributed by atoms with E-state index in [1.165, 1.54) is 6.07 Å². The Morgan fingerprint density at radius 2 is 1.60 bits per heavy atom. The number of amides is 3. The number of carbonyl (C=O) groups excluding carboxylic acids is 3. The van der Waals surface area contributed by atoms with E-state index in [1.54, 1.807) is 23.1 Å². The number of hydrogen-bond donors (Lipinski definition) is 1. The van der Waals surface area contributed by atoms with E-state index in [0.29, 0.717) is 56.3 Å². The van der Waals surface area contributed by atoms with E-state index < -0.39 is 17.2 Å². The van der Waals surface area contributed by atoms with Gasteiger partial charge in [-0.25, -0.2) is 9.18 Å². The molecule has 0 saturated carbocycles. The second-order valence-corrected chi connectivity index (χ2v) is 16.6. The first-order valence-corrected chi connectivity index (χ1v) is 18.5. The highest BCUT2D eigenvalue weighted by atomic mass is 19.1. The molecule has 2 aliphatic rings. The first-order valence-electron chi connectivity index (χ1n) is 18.5. The largest absolute Gasteiger partial charge is 0.498 e. The second-order valence-electron chi connectivity index (χ2n) is 16.6. The van der Waals surface area contributed by atoms with Gasteiger partial charge in [0.15, 0.2) is 0 Å². The number of carboxylic acid groups (broad SMARTS) is 1. The molecule has 2 heterocycles. The lowest BCUT2D eigenvalue weighted by atomic mass is 9.90. The van der Waals surface area contributed by atoms with Crippen molar-refractivity contribution in [3.63, 3.8) is 0 Å². The quantitative estimate of drug-likeness (QED) is 0.259. The van der Waals surface area contributed by atoms with E-state index in [9.17, 15) is 19.5 Å². The third-order valence-electron chi connectivity index (χ3n) is 10.7. The van der Waals surface area contributed by atoms with Crippen molar-refractivity contribution in [2.45, 2.75) is 98.0 Å². The summed E-state index contributed by atoms with van der Waals surface area (Å²) >= 11 is 0. The smallest absolute Gasteiger partial charge is 0.410 e. The number of nitrogens with one attached hydrogen (secondary N) is 1. The average Bonchev–Trinajstić information content (AvgIpc) is 3.07. The minimum atomic E-state index is -1.04. The highest BCUT2D eigenvalue weighted by molar-refractivity contribution is 5.94. The molecule has 3 aromatic carbocycles. The van der Waals surface area contributed by atoms with Gasteiger partial charge in [0, 0.05) is 43.9 Å². The molecule has 0 bridgehead atoms. The Hall–Kier alpha value is -4.28. The van der Waals surface area contributed by atoms with E-state index in [4.69, 9.17) is 4.74 Å². The Labute approximate surface area is 308 Å². The molecule has 2 atom stereocenters. The Kier molecular flexibility index (Phi) is 11.8. The summed E-state index contributed by atoms with van der Waals surface area (Å²) < 4.78 is 20.6. The maximum atomic E-state index is 15.2. The minimum absolute atomic E-state index is 0.0817. The molecule has 2 fully saturated rings. The van der Waals surface area contributed by atoms with Crippen molar-refractivity contribution < 1.29 is 33.1 Å². The van der Waals surface area contributed by atoms with E-state index >= 15 is 4.39 Å². The molecule has 0 radical (unpaired) electrons. The lowest BCUT2D eigenvalue weighted by Gasteiger charge is -2.55. The lowest BCUT2D eigenvalue weighted by Crippen LogP contribution is -2.76. The number of carbonyl (C=O) groups is 3. The highest BCUT2D eigenvalue weighted by Gasteiger charge is 2.49. The molecule has 3 aromatic rings. The fourth-order valence-electron chi connectivity index (χ4n) is 7.91. The van der Waals surface area contributed by atoms with Crippen LogP contribution in [0.4, 0.5) is 14.0 Å². The first kappa shape index (κ1) is 38.9. The predicted molar refractivity (Wildman–Crippen MR) is 199 cm³/mol. The third-order valence-corrected chi connectivity index (χ3v) is 10.7. The van der Waals surface area contributed by atoms with Gasteiger partial charge in [-0.15, -0.1) is 0 Å². The molecule has 0 aliphatic carbocycles. The monoisotopic (exact) mass is 714 g/mol. The SMILES string of the molecule is C[C@H]1CN(Cc2cccc(-c3cc(CNC(=O)c4cccc(CC5CCN(C(=O)OC(C)(C)C)CC5)c4)ccc3F)c2)CC[N+]1(C(=O)[O-])C(C)(C)C. The maximum absolute atomic E-state index is 15.2. The van der Waals surface area contributed by atoms with Gasteiger partial charge in [0.25, 0.3) is 12.0 Å². The van der Waals surface area contributed by atoms with Gasteiger partial charge < -0.3 is 24.9 Å². The van der Waals surface area contributed by atoms with Crippen LogP contribution in [0.25, 0.3) is 11.1 Å². The van der Waals surface area contributed by atoms with E-state index in [0.717, 1.165) is 41.5 Å². The Balaban J connectivity index is 1.17. The van der Waals surface area contributed by atoms with Crippen LogP contribution < -0.4 is 10.4 Å². The zero-order chi connectivity index (χ0) is 37.8. The molecule has 52 heavy (non-hydrogen) atoms. The summed E-state index contributed by atoms with van der Waals surface area (Å²) in [7, 11) is 0. The number of nitrogens with zero attached hydrogens (tertiary/aromatic N) is 3. The van der Waals surface area contributed by atoms with Crippen LogP contribution in [0, 0.1) is 11.7 Å². The Morgan fingerprint density at radius 3 is 2.25 bits per heavy atom. The Bertz CT molecular complexity index is 1760. The summed E-state index contributed by atoms with van der Waals surface area (Å²) in [5.74, 6) is -0.124. The normalized spacial score (nSPS) is 20.4. The van der Waals surface area contributed by atoms with Crippen molar-refractivity contribution in [3.05, 3.63) is 94.8 Å². The summed E-state index contributed by atoms with van der Waals surface area (Å²) in [5.41, 5.74) is 3.66. The summed E-state index contributed by atoms with van der Waals surface area (Å²) in [6.07, 6.45) is 1.29. The molecule has 0 aromatic heterocycles. The molecule has 2 aliphatic heterocycles. The fraction of sp³-hybridized carbons (Fsp3) is 0.500. The summed E-state index contributed by atoms with van der Waals surface area (Å²) in [6, 6.07) is 20.2. The number of halogens is 1. The van der Waals surface area contributed by atoms with Crippen molar-refractivity contribution in [1.82, 2.24) is 15.1 Å². The number of piperazine rings is 1. The van der Waals surface area contributed by atoms with Crippen molar-refractivity contribution in [2.75, 3.05) is 32.7 Å². The molecule has 280 valence electrons. The molecular weight excluding hydrogens is 659 g/mol. The van der Waals surface area contributed by atoms with E-state index in [2.05, 4.69) is 10.2 Å². The molecule has 2 saturated heterocycles. The van der Waals surface area contributed by atoms with Gasteiger partial charge in [-0.3, -0.25) is 14.2 Å². The number of likely N-dealkylation sites (tertiary alicyclic amines) is 1. The first-order chi connectivity index (χ1) is 24.4. The second kappa shape index (κ2) is 15.8. The van der Waals surface area contributed by atoms with Crippen LogP contribution in [-0.2, 0) is 24.2 Å². The van der Waals surface area contributed by atoms with Crippen molar-refractivity contribution in [3.8, 4) is 11.1 Å². The van der Waals surface area contributed by atoms with E-state index in [-0.39, 0.29) is 34.9 Å². The third kappa shape index (κ3) is 9.19. The van der Waals surface area contributed by atoms with Crippen LogP contribution in [0.2, 0.25) is 0 Å². The molecule has 1 unspecified atom stereocenters. The van der Waals surface area contributed by atoms with Gasteiger partial charge in [0.1, 0.15) is 17.5 Å². The van der Waals surface area contributed by atoms with Gasteiger partial charge in [0.05, 0.1) is 18.6 Å². The molecule has 3 amide bonds. The number of hydrogen-bond acceptors (Lipinski definition) is 6. The van der Waals surface area contributed by atoms with Gasteiger partial charge in [-0.2, -0.15) is 0 Å². The number of rotatable bonds is 8. The molecule has 10 heteroatoms. The minimum Gasteiger partial charge on any atom is -0.498 e. The highest BCUT2D eigenvalue weighted by Crippen LogP contribution is 2.33. The van der Waals surface area contributed by atoms with E-state index in [1.807, 2.05) is 90.9 Å². The van der Waals surface area contributed by atoms with Crippen LogP contribution in [0.15, 0.2) is 66.7 Å². The van der Waals surface area contributed by atoms with Crippen LogP contribution in [-0.4, -0.2) is 82.3 Å². The standard InChI is InChI=1S/C42H55FN4O5/c1-29-27-45(20-21-47(29,40(50)51)41(2,3)4)28-33-11-9-12-34(24-33)36-25-32(14-15-37(36)43)26-44-38(48)35-13-8-10-31(23-35)22-30-16-18-46(19-17-30)39(49)52-42(5,6)7/h8-15,23-25,29-30H,16-22,26-28H2,1-7H3,(H-,44,48,50,51)/t29-,47?/m0/s1. The zero-order valence-corrected chi connectivity index (χ0v) is 31.8. The average molecular weight is 715 g/mol. The van der Waals surface area contributed by atoms with Gasteiger partial charge in [-0.05, 0) is 126 Å². The number of benzene rings is 3. The summed E-state index contributed by atoms with van der Waals surface area (Å²) in [4.78, 5) is 42.0. The van der Waals surface area contributed by atoms with Crippen molar-refractivity contribution in [2.24, 2.45) is 5.92 Å². The fourth-order valence-corrected chi connectivity index (χ4v) is 7.91. The van der Waals surface area contributed by atoms with Crippen LogP contribution >= 0.6 is 0 Å². The summed E-state index contributed by atoms with van der Waals surface area (Å²) in [5, 5.41) is 15.3. The molecular formula is C42H55FN4O5. The summed E-state index contributed by atoms with van der Waals surface area (Å²) in [6.45, 7) is 17.3. The van der Waals surface area contributed by atoms with Crippen molar-refractivity contribution in [1.29, 1.82) is 0 Å². The maximum Gasteiger partial charge on any atom is 0.410 e. The Morgan fingerprint density at radius 1 is 0.904 bits per heavy atom. The van der Waals surface area contributed by atoms with Crippen LogP contribution in [0.1, 0.15) is 88.4 Å². The van der Waals surface area contributed by atoms with Gasteiger partial charge in [0.2, 0.25) is 0 Å². The van der Waals surface area contributed by atoms with Gasteiger partial charge in [-0.1, -0.05) is 36.4 Å². The zero-order valence-electron chi connectivity index (χ0n) is 31.8. The van der Waals surface area contributed by atoms with Crippen molar-refractivity contribution >= 4 is 18.1 Å². The topological polar surface area (TPSA) is 102 Å². The lowest BCUT2D eigenvalue weighted by molar-refractivity contribution is -0.943. The number of quaternary nitrogens is 1. The number of piperidine rings is 1. The van der Waals surface area contributed by atoms with Crippen LogP contribution in [0.5, 0.6) is 0 Å². The molecule has 1 N–H and O–H groups in total. The molecule has 5 rings (SSSR count). The predicted octanol–water partition coefficient (Wildman–Crippen LogP) is 6.78. The number of ether oxygens (including phenoxy) is 1.